The highest BCUT2D eigenvalue weighted by Gasteiger charge is 2.18. The van der Waals surface area contributed by atoms with Gasteiger partial charge < -0.3 is 10.1 Å². The molecule has 0 aliphatic carbocycles. The number of nitro benzene ring substituents is 1. The number of hydrogen-bond acceptors (Lipinski definition) is 4. The zero-order chi connectivity index (χ0) is 15.9. The number of aromatic nitrogens is 2. The van der Waals surface area contributed by atoms with Crippen molar-refractivity contribution >= 4 is 34.3 Å². The van der Waals surface area contributed by atoms with Gasteiger partial charge >= 0.3 is 5.97 Å². The van der Waals surface area contributed by atoms with Crippen LogP contribution >= 0.6 is 11.6 Å². The summed E-state index contributed by atoms with van der Waals surface area (Å²) in [7, 11) is 0. The van der Waals surface area contributed by atoms with Crippen LogP contribution in [-0.4, -0.2) is 26.0 Å². The summed E-state index contributed by atoms with van der Waals surface area (Å²) in [4.78, 5) is 28.7. The molecule has 2 N–H and O–H groups in total. The highest BCUT2D eigenvalue weighted by molar-refractivity contribution is 6.33. The number of benzene rings is 2. The number of hydrogen-bond donors (Lipinski definition) is 2. The lowest BCUT2D eigenvalue weighted by Crippen LogP contribution is -1.99. The minimum absolute atomic E-state index is 0.0259. The fraction of sp³-hybridized carbons (Fsp3) is 0. The Bertz CT molecular complexity index is 920. The molecule has 3 aromatic rings. The van der Waals surface area contributed by atoms with E-state index in [4.69, 9.17) is 11.6 Å². The first-order valence-corrected chi connectivity index (χ1v) is 6.51. The van der Waals surface area contributed by atoms with Crippen LogP contribution in [0.5, 0.6) is 0 Å². The summed E-state index contributed by atoms with van der Waals surface area (Å²) >= 11 is 5.85. The van der Waals surface area contributed by atoms with Crippen LogP contribution in [0.1, 0.15) is 10.4 Å². The first kappa shape index (κ1) is 14.0. The number of carbonyl (C=O) groups is 1. The molecule has 0 amide bonds. The van der Waals surface area contributed by atoms with Gasteiger partial charge in [-0.15, -0.1) is 0 Å². The van der Waals surface area contributed by atoms with Gasteiger partial charge in [-0.3, -0.25) is 10.1 Å². The van der Waals surface area contributed by atoms with E-state index < -0.39 is 10.9 Å². The van der Waals surface area contributed by atoms with Crippen molar-refractivity contribution in [2.75, 3.05) is 0 Å². The van der Waals surface area contributed by atoms with Gasteiger partial charge in [0.05, 0.1) is 21.5 Å². The molecular weight excluding hydrogens is 310 g/mol. The molecule has 110 valence electrons. The molecule has 2 aromatic carbocycles. The summed E-state index contributed by atoms with van der Waals surface area (Å²) in [6.45, 7) is 0. The Morgan fingerprint density at radius 2 is 2.05 bits per heavy atom. The molecule has 0 bridgehead atoms. The lowest BCUT2D eigenvalue weighted by atomic mass is 10.1. The molecule has 3 rings (SSSR count). The second-order valence-electron chi connectivity index (χ2n) is 4.51. The average molecular weight is 318 g/mol. The van der Waals surface area contributed by atoms with E-state index in [9.17, 15) is 20.0 Å². The van der Waals surface area contributed by atoms with Crippen molar-refractivity contribution in [3.63, 3.8) is 0 Å². The van der Waals surface area contributed by atoms with Crippen molar-refractivity contribution in [3.05, 3.63) is 57.1 Å². The number of aromatic amines is 1. The van der Waals surface area contributed by atoms with Gasteiger partial charge in [0.15, 0.2) is 0 Å². The molecule has 22 heavy (non-hydrogen) atoms. The highest BCUT2D eigenvalue weighted by Crippen LogP contribution is 2.31. The fourth-order valence-corrected chi connectivity index (χ4v) is 2.39. The molecule has 0 fully saturated rings. The Hall–Kier alpha value is -2.93. The summed E-state index contributed by atoms with van der Waals surface area (Å²) in [5.74, 6) is -0.773. The first-order valence-electron chi connectivity index (χ1n) is 6.13. The second-order valence-corrected chi connectivity index (χ2v) is 4.92. The van der Waals surface area contributed by atoms with Crippen LogP contribution in [0.25, 0.3) is 22.4 Å². The highest BCUT2D eigenvalue weighted by atomic mass is 35.5. The number of halogens is 1. The molecule has 0 atom stereocenters. The molecule has 8 heteroatoms. The van der Waals surface area contributed by atoms with Crippen molar-refractivity contribution < 1.29 is 14.8 Å². The van der Waals surface area contributed by atoms with Crippen molar-refractivity contribution in [3.8, 4) is 11.4 Å². The number of nitro groups is 1. The SMILES string of the molecule is O=C(O)c1ccccc1-c1nc2cc(Cl)c([N+](=O)[O-])cc2[nH]1. The summed E-state index contributed by atoms with van der Waals surface area (Å²) in [6.07, 6.45) is 0. The van der Waals surface area contributed by atoms with Crippen molar-refractivity contribution in [2.45, 2.75) is 0 Å². The monoisotopic (exact) mass is 317 g/mol. The molecule has 0 aliphatic heterocycles. The number of nitrogens with zero attached hydrogens (tertiary/aromatic N) is 2. The lowest BCUT2D eigenvalue weighted by Gasteiger charge is -2.01. The number of fused-ring (bicyclic) bond motifs is 1. The van der Waals surface area contributed by atoms with Crippen LogP contribution in [0.3, 0.4) is 0 Å². The van der Waals surface area contributed by atoms with E-state index in [1.54, 1.807) is 18.2 Å². The second kappa shape index (κ2) is 5.12. The Balaban J connectivity index is 2.22. The van der Waals surface area contributed by atoms with Crippen LogP contribution in [0, 0.1) is 10.1 Å². The van der Waals surface area contributed by atoms with E-state index in [2.05, 4.69) is 9.97 Å². The van der Waals surface area contributed by atoms with E-state index in [0.29, 0.717) is 22.4 Å². The number of nitrogens with one attached hydrogen (secondary N) is 1. The van der Waals surface area contributed by atoms with Gasteiger partial charge in [-0.1, -0.05) is 29.8 Å². The summed E-state index contributed by atoms with van der Waals surface area (Å²) in [6, 6.07) is 9.01. The molecule has 7 nitrogen and oxygen atoms in total. The lowest BCUT2D eigenvalue weighted by molar-refractivity contribution is -0.384. The zero-order valence-electron chi connectivity index (χ0n) is 10.9. The van der Waals surface area contributed by atoms with E-state index >= 15 is 0 Å². The van der Waals surface area contributed by atoms with Gasteiger partial charge in [-0.25, -0.2) is 9.78 Å². The Labute approximate surface area is 128 Å². The maximum atomic E-state index is 11.3. The number of aromatic carboxylic acids is 1. The maximum absolute atomic E-state index is 11.3. The van der Waals surface area contributed by atoms with Crippen molar-refractivity contribution in [1.29, 1.82) is 0 Å². The van der Waals surface area contributed by atoms with Gasteiger partial charge in [-0.2, -0.15) is 0 Å². The molecule has 1 aromatic heterocycles. The van der Waals surface area contributed by atoms with Gasteiger partial charge in [-0.05, 0) is 12.1 Å². The van der Waals surface area contributed by atoms with E-state index in [1.165, 1.54) is 18.2 Å². The zero-order valence-corrected chi connectivity index (χ0v) is 11.7. The number of imidazole rings is 1. The molecule has 0 unspecified atom stereocenters. The van der Waals surface area contributed by atoms with E-state index in [1.807, 2.05) is 0 Å². The van der Waals surface area contributed by atoms with E-state index in [-0.39, 0.29) is 16.3 Å². The number of rotatable bonds is 3. The Morgan fingerprint density at radius 3 is 2.73 bits per heavy atom. The number of carboxylic acids is 1. The average Bonchev–Trinajstić information content (AvgIpc) is 2.88. The molecule has 0 aliphatic rings. The summed E-state index contributed by atoms with van der Waals surface area (Å²) in [5.41, 5.74) is 1.07. The van der Waals surface area contributed by atoms with Crippen LogP contribution < -0.4 is 0 Å². The minimum atomic E-state index is -1.08. The van der Waals surface area contributed by atoms with Crippen molar-refractivity contribution in [2.24, 2.45) is 0 Å². The van der Waals surface area contributed by atoms with Crippen LogP contribution in [0.15, 0.2) is 36.4 Å². The third kappa shape index (κ3) is 2.27. The number of H-pyrrole nitrogens is 1. The van der Waals surface area contributed by atoms with Gasteiger partial charge in [0.2, 0.25) is 0 Å². The molecule has 0 radical (unpaired) electrons. The first-order chi connectivity index (χ1) is 10.5. The van der Waals surface area contributed by atoms with Gasteiger partial charge in [0.25, 0.3) is 5.69 Å². The predicted molar refractivity (Wildman–Crippen MR) is 80.2 cm³/mol. The third-order valence-electron chi connectivity index (χ3n) is 3.16. The predicted octanol–water partition coefficient (Wildman–Crippen LogP) is 3.49. The van der Waals surface area contributed by atoms with Crippen LogP contribution in [0.4, 0.5) is 5.69 Å². The van der Waals surface area contributed by atoms with Crippen LogP contribution in [-0.2, 0) is 0 Å². The van der Waals surface area contributed by atoms with Gasteiger partial charge in [0.1, 0.15) is 10.8 Å². The fourth-order valence-electron chi connectivity index (χ4n) is 2.16. The Morgan fingerprint density at radius 1 is 1.32 bits per heavy atom. The quantitative estimate of drug-likeness (QED) is 0.567. The van der Waals surface area contributed by atoms with E-state index in [0.717, 1.165) is 0 Å². The molecule has 0 saturated carbocycles. The molecule has 1 heterocycles. The summed E-state index contributed by atoms with van der Waals surface area (Å²) < 4.78 is 0. The standard InChI is InChI=1S/C14H8ClN3O4/c15-9-5-10-11(6-12(9)18(21)22)17-13(16-10)7-3-1-2-4-8(7)14(19)20/h1-6H,(H,16,17)(H,19,20). The largest absolute Gasteiger partial charge is 0.478 e. The number of carboxylic acid groups (broad SMARTS) is 1. The summed E-state index contributed by atoms with van der Waals surface area (Å²) in [5, 5.41) is 20.1. The topological polar surface area (TPSA) is 109 Å². The minimum Gasteiger partial charge on any atom is -0.478 e. The third-order valence-corrected chi connectivity index (χ3v) is 3.46. The van der Waals surface area contributed by atoms with Crippen molar-refractivity contribution in [1.82, 2.24) is 9.97 Å². The smallest absolute Gasteiger partial charge is 0.336 e. The molecule has 0 saturated heterocycles. The van der Waals surface area contributed by atoms with Crippen LogP contribution in [0.2, 0.25) is 5.02 Å². The van der Waals surface area contributed by atoms with Gasteiger partial charge in [0, 0.05) is 11.6 Å². The normalized spacial score (nSPS) is 10.8. The molecular formula is C14H8ClN3O4. The maximum Gasteiger partial charge on any atom is 0.336 e. The Kier molecular flexibility index (Phi) is 3.26. The molecule has 0 spiro atoms.